The molecule has 0 fully saturated rings. The van der Waals surface area contributed by atoms with Crippen molar-refractivity contribution in [2.24, 2.45) is 0 Å². The Morgan fingerprint density at radius 3 is 1.74 bits per heavy atom. The molecule has 1 atom stereocenters. The van der Waals surface area contributed by atoms with Gasteiger partial charge in [0.1, 0.15) is 5.75 Å². The summed E-state index contributed by atoms with van der Waals surface area (Å²) in [5.41, 5.74) is -4.29. The van der Waals surface area contributed by atoms with Crippen LogP contribution in [0.1, 0.15) is 28.4 Å². The molecule has 27 heavy (non-hydrogen) atoms. The van der Waals surface area contributed by atoms with Crippen LogP contribution in [0.3, 0.4) is 0 Å². The Morgan fingerprint density at radius 1 is 1.00 bits per heavy atom. The number of carbonyl (C=O) groups excluding carboxylic acids is 2. The number of carbonyl (C=O) groups is 2. The lowest BCUT2D eigenvalue weighted by atomic mass is 10.0. The molecule has 5 nitrogen and oxygen atoms in total. The second-order valence-corrected chi connectivity index (χ2v) is 8.06. The summed E-state index contributed by atoms with van der Waals surface area (Å²) >= 11 is 0. The number of hydrogen-bond donors (Lipinski definition) is 0. The van der Waals surface area contributed by atoms with Gasteiger partial charge in [0.25, 0.3) is 5.91 Å². The van der Waals surface area contributed by atoms with Gasteiger partial charge in [-0.15, -0.1) is 0 Å². The average Bonchev–Trinajstić information content (AvgIpc) is 2.48. The van der Waals surface area contributed by atoms with E-state index in [1.54, 1.807) is 0 Å². The molecule has 0 heterocycles. The largest absolute Gasteiger partial charge is 0.416 e. The molecule has 152 valence electrons. The number of sulfone groups is 1. The van der Waals surface area contributed by atoms with Gasteiger partial charge in [-0.05, 0) is 25.1 Å². The Hall–Kier alpha value is -2.11. The molecule has 1 rings (SSSR count). The molecule has 12 heteroatoms. The molecule has 1 aromatic rings. The fraction of sp³-hybridized carbons (Fsp3) is 0.467. The monoisotopic (exact) mass is 419 g/mol. The third kappa shape index (κ3) is 6.22. The van der Waals surface area contributed by atoms with E-state index in [0.29, 0.717) is 4.90 Å². The molecule has 0 aliphatic carbocycles. The van der Waals surface area contributed by atoms with Crippen LogP contribution in [0.25, 0.3) is 0 Å². The Bertz CT molecular complexity index is 813. The molecule has 0 bridgehead atoms. The molecule has 0 radical (unpaired) electrons. The van der Waals surface area contributed by atoms with Crippen LogP contribution in [0.15, 0.2) is 18.2 Å². The van der Waals surface area contributed by atoms with E-state index in [1.165, 1.54) is 0 Å². The lowest BCUT2D eigenvalue weighted by Crippen LogP contribution is -2.42. The van der Waals surface area contributed by atoms with E-state index in [2.05, 4.69) is 0 Å². The minimum absolute atomic E-state index is 0.130. The number of halogens is 6. The Labute approximate surface area is 150 Å². The summed E-state index contributed by atoms with van der Waals surface area (Å²) in [5.74, 6) is -3.15. The van der Waals surface area contributed by atoms with E-state index < -0.39 is 62.4 Å². The first-order valence-corrected chi connectivity index (χ1v) is 9.26. The van der Waals surface area contributed by atoms with Gasteiger partial charge in [0.05, 0.1) is 17.2 Å². The normalized spacial score (nSPS) is 14.0. The first-order valence-electron chi connectivity index (χ1n) is 7.20. The second kappa shape index (κ2) is 7.49. The van der Waals surface area contributed by atoms with Crippen LogP contribution in [0.5, 0.6) is 0 Å². The van der Waals surface area contributed by atoms with Crippen molar-refractivity contribution in [1.29, 1.82) is 0 Å². The van der Waals surface area contributed by atoms with Gasteiger partial charge in [-0.1, -0.05) is 0 Å². The van der Waals surface area contributed by atoms with Crippen molar-refractivity contribution in [2.45, 2.75) is 25.3 Å². The quantitative estimate of drug-likeness (QED) is 0.689. The maximum Gasteiger partial charge on any atom is 0.416 e. The zero-order chi connectivity index (χ0) is 21.4. The predicted octanol–water partition coefficient (Wildman–Crippen LogP) is 2.80. The van der Waals surface area contributed by atoms with Crippen LogP contribution in [0, 0.1) is 0 Å². The minimum atomic E-state index is -5.13. The molecular weight excluding hydrogens is 404 g/mol. The fourth-order valence-corrected chi connectivity index (χ4v) is 2.81. The summed E-state index contributed by atoms with van der Waals surface area (Å²) in [4.78, 5) is 24.7. The molecule has 0 saturated heterocycles. The Balaban J connectivity index is 3.31. The maximum atomic E-state index is 12.9. The SMILES string of the molecule is CC(C(=O)CS(C)(=O)=O)N(C)C(=O)c1cc(C(F)(F)F)cc(C(F)(F)F)c1. The number of ketones is 1. The number of Topliss-reactive ketones (excluding diaryl/α,β-unsaturated/α-hetero) is 1. The van der Waals surface area contributed by atoms with E-state index in [9.17, 15) is 44.3 Å². The molecule has 1 amide bonds. The van der Waals surface area contributed by atoms with Crippen molar-refractivity contribution in [2.75, 3.05) is 19.1 Å². The highest BCUT2D eigenvalue weighted by atomic mass is 32.2. The van der Waals surface area contributed by atoms with Crippen molar-refractivity contribution in [3.05, 3.63) is 34.9 Å². The van der Waals surface area contributed by atoms with E-state index in [4.69, 9.17) is 0 Å². The molecule has 0 aromatic heterocycles. The highest BCUT2D eigenvalue weighted by molar-refractivity contribution is 7.91. The van der Waals surface area contributed by atoms with E-state index in [1.807, 2.05) is 0 Å². The lowest BCUT2D eigenvalue weighted by Gasteiger charge is -2.24. The summed E-state index contributed by atoms with van der Waals surface area (Å²) < 4.78 is 99.4. The third-order valence-corrected chi connectivity index (χ3v) is 4.42. The molecule has 0 N–H and O–H groups in total. The van der Waals surface area contributed by atoms with Gasteiger partial charge < -0.3 is 4.90 Å². The predicted molar refractivity (Wildman–Crippen MR) is 82.7 cm³/mol. The summed E-state index contributed by atoms with van der Waals surface area (Å²) in [7, 11) is -2.76. The van der Waals surface area contributed by atoms with Gasteiger partial charge in [-0.25, -0.2) is 8.42 Å². The third-order valence-electron chi connectivity index (χ3n) is 3.61. The smallest absolute Gasteiger partial charge is 0.332 e. The summed E-state index contributed by atoms with van der Waals surface area (Å²) in [6, 6.07) is -1.03. The van der Waals surface area contributed by atoms with Gasteiger partial charge >= 0.3 is 12.4 Å². The number of hydrogen-bond acceptors (Lipinski definition) is 4. The van der Waals surface area contributed by atoms with Gasteiger partial charge in [0.15, 0.2) is 15.6 Å². The molecule has 0 saturated carbocycles. The molecule has 1 unspecified atom stereocenters. The van der Waals surface area contributed by atoms with Crippen LogP contribution in [0.4, 0.5) is 26.3 Å². The van der Waals surface area contributed by atoms with Crippen molar-refractivity contribution >= 4 is 21.5 Å². The van der Waals surface area contributed by atoms with E-state index >= 15 is 0 Å². The van der Waals surface area contributed by atoms with Crippen LogP contribution in [-0.2, 0) is 27.0 Å². The zero-order valence-electron chi connectivity index (χ0n) is 14.3. The number of likely N-dealkylation sites (N-methyl/N-ethyl adjacent to an activating group) is 1. The number of nitrogens with zero attached hydrogens (tertiary/aromatic N) is 1. The number of rotatable bonds is 5. The maximum absolute atomic E-state index is 12.9. The van der Waals surface area contributed by atoms with E-state index in [0.717, 1.165) is 20.2 Å². The zero-order valence-corrected chi connectivity index (χ0v) is 15.1. The summed E-state index contributed by atoms with van der Waals surface area (Å²) in [6.45, 7) is 1.11. The van der Waals surface area contributed by atoms with Crippen LogP contribution < -0.4 is 0 Å². The highest BCUT2D eigenvalue weighted by Gasteiger charge is 2.38. The van der Waals surface area contributed by atoms with Crippen molar-refractivity contribution in [3.63, 3.8) is 0 Å². The number of amides is 1. The second-order valence-electron chi connectivity index (χ2n) is 5.92. The molecule has 0 aliphatic heterocycles. The van der Waals surface area contributed by atoms with Gasteiger partial charge in [-0.2, -0.15) is 26.3 Å². The molecule has 0 aliphatic rings. The average molecular weight is 419 g/mol. The first kappa shape index (κ1) is 22.9. The molecule has 1 aromatic carbocycles. The topological polar surface area (TPSA) is 71.5 Å². The Kier molecular flexibility index (Phi) is 6.36. The summed E-state index contributed by atoms with van der Waals surface area (Å²) in [5, 5.41) is 0. The summed E-state index contributed by atoms with van der Waals surface area (Å²) in [6.07, 6.45) is -9.50. The van der Waals surface area contributed by atoms with Gasteiger partial charge in [0.2, 0.25) is 0 Å². The van der Waals surface area contributed by atoms with E-state index in [-0.39, 0.29) is 18.2 Å². The molecule has 0 spiro atoms. The number of alkyl halides is 6. The first-order chi connectivity index (χ1) is 11.9. The lowest BCUT2D eigenvalue weighted by molar-refractivity contribution is -0.143. The number of benzene rings is 1. The van der Waals surface area contributed by atoms with Gasteiger partial charge in [0, 0.05) is 18.9 Å². The van der Waals surface area contributed by atoms with Crippen molar-refractivity contribution in [3.8, 4) is 0 Å². The van der Waals surface area contributed by atoms with Crippen molar-refractivity contribution in [1.82, 2.24) is 4.90 Å². The fourth-order valence-electron chi connectivity index (χ4n) is 2.05. The minimum Gasteiger partial charge on any atom is -0.332 e. The van der Waals surface area contributed by atoms with Crippen LogP contribution in [0.2, 0.25) is 0 Å². The van der Waals surface area contributed by atoms with Crippen LogP contribution >= 0.6 is 0 Å². The van der Waals surface area contributed by atoms with Gasteiger partial charge in [-0.3, -0.25) is 9.59 Å². The Morgan fingerprint density at radius 2 is 1.41 bits per heavy atom. The highest BCUT2D eigenvalue weighted by Crippen LogP contribution is 2.36. The van der Waals surface area contributed by atoms with Crippen LogP contribution in [-0.4, -0.2) is 50.1 Å². The standard InChI is InChI=1S/C15H15F6NO4S/c1-8(12(23)7-27(3,25)26)22(2)13(24)9-4-10(14(16,17)18)6-11(5-9)15(19,20)21/h4-6,8H,7H2,1-3H3. The molecular formula is C15H15F6NO4S. The van der Waals surface area contributed by atoms with Crippen molar-refractivity contribution < 1.29 is 44.3 Å².